The molecule has 2 fully saturated rings. The number of nitrogens with one attached hydrogen (secondary N) is 3. The van der Waals surface area contributed by atoms with Gasteiger partial charge in [0.1, 0.15) is 5.75 Å². The normalized spacial score (nSPS) is 15.2. The van der Waals surface area contributed by atoms with Crippen LogP contribution >= 0.6 is 11.6 Å². The van der Waals surface area contributed by atoms with E-state index in [1.165, 1.54) is 0 Å². The molecule has 0 spiro atoms. The van der Waals surface area contributed by atoms with Gasteiger partial charge in [-0.3, -0.25) is 4.79 Å². The summed E-state index contributed by atoms with van der Waals surface area (Å²) in [6, 6.07) is 20.2. The molecule has 3 N–H and O–H groups in total. The molecule has 1 saturated carbocycles. The maximum absolute atomic E-state index is 13.2. The summed E-state index contributed by atoms with van der Waals surface area (Å²) in [5, 5.41) is 9.30. The van der Waals surface area contributed by atoms with Crippen molar-refractivity contribution in [1.29, 1.82) is 0 Å². The number of urea groups is 1. The molecular weight excluding hydrogens is 490 g/mol. The lowest BCUT2D eigenvalue weighted by Gasteiger charge is -2.38. The van der Waals surface area contributed by atoms with E-state index in [1.54, 1.807) is 37.4 Å². The Morgan fingerprint density at radius 2 is 1.46 bits per heavy atom. The lowest BCUT2D eigenvalue weighted by molar-refractivity contribution is 0.0951. The van der Waals surface area contributed by atoms with Crippen molar-refractivity contribution in [2.45, 2.75) is 18.9 Å². The number of methoxy groups -OCH3 is 1. The Kier molecular flexibility index (Phi) is 7.37. The van der Waals surface area contributed by atoms with E-state index in [1.807, 2.05) is 30.3 Å². The fourth-order valence-corrected chi connectivity index (χ4v) is 4.59. The zero-order valence-electron chi connectivity index (χ0n) is 20.7. The van der Waals surface area contributed by atoms with Crippen molar-refractivity contribution in [1.82, 2.24) is 5.32 Å². The zero-order chi connectivity index (χ0) is 25.8. The number of hydrogen-bond donors (Lipinski definition) is 3. The molecular formula is C28H30ClN5O3. The molecule has 3 aromatic rings. The fraction of sp³-hybridized carbons (Fsp3) is 0.286. The highest BCUT2D eigenvalue weighted by Gasteiger charge is 2.28. The molecule has 0 atom stereocenters. The van der Waals surface area contributed by atoms with Crippen molar-refractivity contribution < 1.29 is 14.3 Å². The SMILES string of the molecule is COc1ccccc1N1CCN(c2ccc(NC(=O)Nc3ccc(Cl)cc3)cc2C(=O)NC2CC2)CC1. The number of carbonyl (C=O) groups excluding carboxylic acids is 2. The van der Waals surface area contributed by atoms with E-state index in [9.17, 15) is 9.59 Å². The molecule has 37 heavy (non-hydrogen) atoms. The third kappa shape index (κ3) is 6.09. The third-order valence-electron chi connectivity index (χ3n) is 6.56. The Morgan fingerprint density at radius 3 is 2.14 bits per heavy atom. The second-order valence-electron chi connectivity index (χ2n) is 9.21. The minimum atomic E-state index is -0.394. The Labute approximate surface area is 221 Å². The van der Waals surface area contributed by atoms with Crippen LogP contribution in [0.2, 0.25) is 5.02 Å². The first-order valence-corrected chi connectivity index (χ1v) is 12.8. The first kappa shape index (κ1) is 24.8. The van der Waals surface area contributed by atoms with Gasteiger partial charge in [0.05, 0.1) is 18.4 Å². The van der Waals surface area contributed by atoms with Gasteiger partial charge in [-0.05, 0) is 67.4 Å². The largest absolute Gasteiger partial charge is 0.495 e. The van der Waals surface area contributed by atoms with E-state index in [2.05, 4.69) is 31.8 Å². The Hall–Kier alpha value is -3.91. The highest BCUT2D eigenvalue weighted by Crippen LogP contribution is 2.31. The minimum Gasteiger partial charge on any atom is -0.495 e. The topological polar surface area (TPSA) is 85.9 Å². The summed E-state index contributed by atoms with van der Waals surface area (Å²) in [7, 11) is 1.69. The molecule has 3 amide bonds. The predicted molar refractivity (Wildman–Crippen MR) is 148 cm³/mol. The molecule has 8 nitrogen and oxygen atoms in total. The van der Waals surface area contributed by atoms with E-state index < -0.39 is 6.03 Å². The molecule has 0 bridgehead atoms. The van der Waals surface area contributed by atoms with Crippen molar-refractivity contribution in [3.63, 3.8) is 0 Å². The third-order valence-corrected chi connectivity index (χ3v) is 6.81. The van der Waals surface area contributed by atoms with Crippen LogP contribution in [-0.2, 0) is 0 Å². The lowest BCUT2D eigenvalue weighted by Crippen LogP contribution is -2.47. The molecule has 5 rings (SSSR count). The molecule has 0 aromatic heterocycles. The van der Waals surface area contributed by atoms with Gasteiger partial charge in [-0.2, -0.15) is 0 Å². The number of amides is 3. The van der Waals surface area contributed by atoms with Gasteiger partial charge in [-0.1, -0.05) is 23.7 Å². The number of ether oxygens (including phenoxy) is 1. The first-order valence-electron chi connectivity index (χ1n) is 12.4. The van der Waals surface area contributed by atoms with Crippen LogP contribution in [-0.4, -0.2) is 51.3 Å². The number of hydrogen-bond acceptors (Lipinski definition) is 5. The number of nitrogens with zero attached hydrogens (tertiary/aromatic N) is 2. The van der Waals surface area contributed by atoms with Gasteiger partial charge < -0.3 is 30.5 Å². The average molecular weight is 520 g/mol. The van der Waals surface area contributed by atoms with Crippen molar-refractivity contribution in [2.75, 3.05) is 53.7 Å². The summed E-state index contributed by atoms with van der Waals surface area (Å²) in [6.07, 6.45) is 2.00. The van der Waals surface area contributed by atoms with Crippen LogP contribution in [0.25, 0.3) is 0 Å². The summed E-state index contributed by atoms with van der Waals surface area (Å²) in [5.41, 5.74) is 3.66. The van der Waals surface area contributed by atoms with Gasteiger partial charge in [0, 0.05) is 54.3 Å². The lowest BCUT2D eigenvalue weighted by atomic mass is 10.1. The molecule has 1 aliphatic heterocycles. The summed E-state index contributed by atoms with van der Waals surface area (Å²) in [5.74, 6) is 0.735. The number of anilines is 4. The molecule has 1 heterocycles. The maximum atomic E-state index is 13.2. The standard InChI is InChI=1S/C28H30ClN5O3/c1-37-26-5-3-2-4-25(26)34-16-14-33(15-17-34)24-13-12-22(18-23(24)27(35)30-20-10-11-20)32-28(36)31-21-8-6-19(29)7-9-21/h2-9,12-13,18,20H,10-11,14-17H2,1H3,(H,30,35)(H2,31,32,36). The van der Waals surface area contributed by atoms with E-state index in [4.69, 9.17) is 16.3 Å². The summed E-state index contributed by atoms with van der Waals surface area (Å²) in [4.78, 5) is 30.3. The van der Waals surface area contributed by atoms with Crippen LogP contribution < -0.4 is 30.5 Å². The van der Waals surface area contributed by atoms with Gasteiger partial charge >= 0.3 is 6.03 Å². The Bertz CT molecular complexity index is 1270. The van der Waals surface area contributed by atoms with Crippen LogP contribution in [0, 0.1) is 0 Å². The van der Waals surface area contributed by atoms with Crippen molar-refractivity contribution in [2.24, 2.45) is 0 Å². The average Bonchev–Trinajstić information content (AvgIpc) is 3.74. The molecule has 0 radical (unpaired) electrons. The van der Waals surface area contributed by atoms with Crippen molar-refractivity contribution in [3.05, 3.63) is 77.3 Å². The maximum Gasteiger partial charge on any atom is 0.323 e. The zero-order valence-corrected chi connectivity index (χ0v) is 21.4. The monoisotopic (exact) mass is 519 g/mol. The van der Waals surface area contributed by atoms with Crippen LogP contribution in [0.15, 0.2) is 66.7 Å². The van der Waals surface area contributed by atoms with Gasteiger partial charge in [-0.15, -0.1) is 0 Å². The molecule has 192 valence electrons. The second kappa shape index (κ2) is 11.0. The number of halogens is 1. The van der Waals surface area contributed by atoms with Crippen LogP contribution in [0.4, 0.5) is 27.5 Å². The summed E-state index contributed by atoms with van der Waals surface area (Å²) >= 11 is 5.92. The Morgan fingerprint density at radius 1 is 0.838 bits per heavy atom. The highest BCUT2D eigenvalue weighted by atomic mass is 35.5. The predicted octanol–water partition coefficient (Wildman–Crippen LogP) is 5.21. The van der Waals surface area contributed by atoms with E-state index in [0.29, 0.717) is 22.0 Å². The van der Waals surface area contributed by atoms with E-state index in [-0.39, 0.29) is 11.9 Å². The fourth-order valence-electron chi connectivity index (χ4n) is 4.47. The first-order chi connectivity index (χ1) is 18.0. The number of benzene rings is 3. The van der Waals surface area contributed by atoms with E-state index >= 15 is 0 Å². The van der Waals surface area contributed by atoms with Crippen LogP contribution in [0.3, 0.4) is 0 Å². The van der Waals surface area contributed by atoms with E-state index in [0.717, 1.165) is 56.1 Å². The quantitative estimate of drug-likeness (QED) is 0.399. The number of piperazine rings is 1. The number of carbonyl (C=O) groups is 2. The summed E-state index contributed by atoms with van der Waals surface area (Å²) < 4.78 is 5.54. The second-order valence-corrected chi connectivity index (χ2v) is 9.65. The van der Waals surface area contributed by atoms with Gasteiger partial charge in [0.15, 0.2) is 0 Å². The molecule has 2 aliphatic rings. The molecule has 9 heteroatoms. The smallest absolute Gasteiger partial charge is 0.323 e. The Balaban J connectivity index is 1.31. The van der Waals surface area contributed by atoms with Crippen LogP contribution in [0.1, 0.15) is 23.2 Å². The minimum absolute atomic E-state index is 0.119. The van der Waals surface area contributed by atoms with Crippen molar-refractivity contribution in [3.8, 4) is 5.75 Å². The molecule has 1 saturated heterocycles. The number of rotatable bonds is 7. The molecule has 1 aliphatic carbocycles. The molecule has 0 unspecified atom stereocenters. The summed E-state index contributed by atoms with van der Waals surface area (Å²) in [6.45, 7) is 3.11. The van der Waals surface area contributed by atoms with Gasteiger partial charge in [0.2, 0.25) is 0 Å². The molecule has 3 aromatic carbocycles. The van der Waals surface area contributed by atoms with Gasteiger partial charge in [0.25, 0.3) is 5.91 Å². The van der Waals surface area contributed by atoms with Crippen molar-refractivity contribution >= 4 is 46.3 Å². The highest BCUT2D eigenvalue weighted by molar-refractivity contribution is 6.30. The van der Waals surface area contributed by atoms with Gasteiger partial charge in [-0.25, -0.2) is 4.79 Å². The van der Waals surface area contributed by atoms with Crippen LogP contribution in [0.5, 0.6) is 5.75 Å². The number of para-hydroxylation sites is 2.